The Balaban J connectivity index is 1.40. The molecule has 148 valence electrons. The molecule has 2 amide bonds. The Morgan fingerprint density at radius 1 is 1.15 bits per heavy atom. The minimum Gasteiger partial charge on any atom is -0.376 e. The average Bonchev–Trinajstić information content (AvgIpc) is 3.19. The summed E-state index contributed by atoms with van der Waals surface area (Å²) in [6.07, 6.45) is 5.84. The Bertz CT molecular complexity index is 605. The Morgan fingerprint density at radius 2 is 1.89 bits per heavy atom. The van der Waals surface area contributed by atoms with Crippen molar-refractivity contribution in [3.63, 3.8) is 0 Å². The number of piperidine rings is 1. The summed E-state index contributed by atoms with van der Waals surface area (Å²) in [7, 11) is 0. The normalized spacial score (nSPS) is 20.6. The third kappa shape index (κ3) is 6.06. The third-order valence-corrected chi connectivity index (χ3v) is 5.82. The van der Waals surface area contributed by atoms with Gasteiger partial charge in [-0.1, -0.05) is 30.3 Å². The molecule has 1 aromatic rings. The van der Waals surface area contributed by atoms with Gasteiger partial charge in [0, 0.05) is 46.1 Å². The van der Waals surface area contributed by atoms with Crippen molar-refractivity contribution in [3.8, 4) is 0 Å². The lowest BCUT2D eigenvalue weighted by molar-refractivity contribution is -0.135. The molecule has 5 heteroatoms. The molecule has 0 aromatic heterocycles. The van der Waals surface area contributed by atoms with Crippen molar-refractivity contribution < 1.29 is 14.3 Å². The fraction of sp³-hybridized carbons (Fsp3) is 0.636. The first-order valence-corrected chi connectivity index (χ1v) is 10.3. The molecule has 0 N–H and O–H groups in total. The van der Waals surface area contributed by atoms with Gasteiger partial charge in [-0.15, -0.1) is 0 Å². The summed E-state index contributed by atoms with van der Waals surface area (Å²) in [5.41, 5.74) is 1.38. The number of ether oxygens (including phenoxy) is 1. The number of likely N-dealkylation sites (tertiary alicyclic amines) is 1. The number of carbonyl (C=O) groups excluding carboxylic acids is 2. The highest BCUT2D eigenvalue weighted by atomic mass is 16.5. The highest BCUT2D eigenvalue weighted by molar-refractivity contribution is 5.78. The van der Waals surface area contributed by atoms with E-state index in [9.17, 15) is 9.59 Å². The molecular formula is C22H32N2O3. The molecule has 2 fully saturated rings. The number of hydrogen-bond acceptors (Lipinski definition) is 3. The summed E-state index contributed by atoms with van der Waals surface area (Å²) in [5, 5.41) is 0. The van der Waals surface area contributed by atoms with E-state index in [2.05, 4.69) is 24.3 Å². The molecule has 0 bridgehead atoms. The first-order valence-electron chi connectivity index (χ1n) is 10.3. The summed E-state index contributed by atoms with van der Waals surface area (Å²) >= 11 is 0. The first-order chi connectivity index (χ1) is 13.1. The fourth-order valence-electron chi connectivity index (χ4n) is 4.13. The number of rotatable bonds is 7. The van der Waals surface area contributed by atoms with Gasteiger partial charge in [-0.2, -0.15) is 0 Å². The van der Waals surface area contributed by atoms with Crippen molar-refractivity contribution in [2.75, 3.05) is 32.8 Å². The van der Waals surface area contributed by atoms with Crippen LogP contribution in [0.4, 0.5) is 0 Å². The van der Waals surface area contributed by atoms with Crippen LogP contribution in [0.1, 0.15) is 44.6 Å². The number of benzene rings is 1. The zero-order valence-corrected chi connectivity index (χ0v) is 16.4. The Hall–Kier alpha value is -1.88. The van der Waals surface area contributed by atoms with Gasteiger partial charge in [0.2, 0.25) is 11.8 Å². The van der Waals surface area contributed by atoms with Crippen LogP contribution in [0, 0.1) is 5.92 Å². The van der Waals surface area contributed by atoms with Crippen molar-refractivity contribution >= 4 is 11.8 Å². The van der Waals surface area contributed by atoms with Crippen molar-refractivity contribution in [3.05, 3.63) is 35.9 Å². The van der Waals surface area contributed by atoms with Crippen molar-refractivity contribution in [2.45, 2.75) is 51.6 Å². The topological polar surface area (TPSA) is 49.9 Å². The molecule has 5 nitrogen and oxygen atoms in total. The van der Waals surface area contributed by atoms with E-state index in [0.717, 1.165) is 51.8 Å². The minimum absolute atomic E-state index is 0.0277. The predicted octanol–water partition coefficient (Wildman–Crippen LogP) is 2.89. The smallest absolute Gasteiger partial charge is 0.224 e. The quantitative estimate of drug-likeness (QED) is 0.739. The Morgan fingerprint density at radius 3 is 2.52 bits per heavy atom. The van der Waals surface area contributed by atoms with Crippen molar-refractivity contribution in [1.29, 1.82) is 0 Å². The molecule has 3 rings (SSSR count). The molecule has 1 atom stereocenters. The maximum Gasteiger partial charge on any atom is 0.224 e. The molecule has 27 heavy (non-hydrogen) atoms. The molecule has 2 aliphatic heterocycles. The van der Waals surface area contributed by atoms with E-state index in [1.807, 2.05) is 11.0 Å². The van der Waals surface area contributed by atoms with Crippen molar-refractivity contribution in [2.24, 2.45) is 5.92 Å². The van der Waals surface area contributed by atoms with Crippen LogP contribution in [0.25, 0.3) is 0 Å². The molecule has 0 spiro atoms. The summed E-state index contributed by atoms with van der Waals surface area (Å²) in [5.74, 6) is 0.858. The fourth-order valence-corrected chi connectivity index (χ4v) is 4.13. The summed E-state index contributed by atoms with van der Waals surface area (Å²) in [6.45, 7) is 5.14. The lowest BCUT2D eigenvalue weighted by Gasteiger charge is -2.33. The zero-order chi connectivity index (χ0) is 19.1. The van der Waals surface area contributed by atoms with Gasteiger partial charge in [-0.05, 0) is 43.6 Å². The van der Waals surface area contributed by atoms with Crippen LogP contribution in [0.2, 0.25) is 0 Å². The Labute approximate surface area is 162 Å². The predicted molar refractivity (Wildman–Crippen MR) is 105 cm³/mol. The molecule has 0 radical (unpaired) electrons. The average molecular weight is 373 g/mol. The maximum absolute atomic E-state index is 12.6. The molecule has 1 unspecified atom stereocenters. The van der Waals surface area contributed by atoms with Gasteiger partial charge in [-0.25, -0.2) is 0 Å². The number of carbonyl (C=O) groups is 2. The van der Waals surface area contributed by atoms with E-state index in [1.165, 1.54) is 5.56 Å². The molecule has 2 aliphatic rings. The molecule has 1 aromatic carbocycles. The van der Waals surface area contributed by atoms with Gasteiger partial charge >= 0.3 is 0 Å². The Kier molecular flexibility index (Phi) is 7.27. The van der Waals surface area contributed by atoms with Gasteiger partial charge in [0.1, 0.15) is 0 Å². The van der Waals surface area contributed by atoms with Gasteiger partial charge in [0.25, 0.3) is 0 Å². The van der Waals surface area contributed by atoms with E-state index in [-0.39, 0.29) is 17.9 Å². The molecule has 0 saturated carbocycles. The van der Waals surface area contributed by atoms with Gasteiger partial charge in [0.05, 0.1) is 6.10 Å². The van der Waals surface area contributed by atoms with Crippen LogP contribution in [-0.4, -0.2) is 60.5 Å². The summed E-state index contributed by atoms with van der Waals surface area (Å²) in [4.78, 5) is 28.2. The van der Waals surface area contributed by atoms with Gasteiger partial charge in [-0.3, -0.25) is 9.59 Å². The van der Waals surface area contributed by atoms with Gasteiger partial charge in [0.15, 0.2) is 0 Å². The van der Waals surface area contributed by atoms with Crippen LogP contribution in [0.5, 0.6) is 0 Å². The monoisotopic (exact) mass is 372 g/mol. The standard InChI is InChI=1S/C22H32N2O3/c1-18(25)24(17-21-8-5-15-27-21)14-11-22(26)23-12-9-20(10-13-23)16-19-6-3-2-4-7-19/h2-4,6-7,20-21H,5,8-17H2,1H3. The maximum atomic E-state index is 12.6. The number of hydrogen-bond donors (Lipinski definition) is 0. The summed E-state index contributed by atoms with van der Waals surface area (Å²) in [6, 6.07) is 10.6. The van der Waals surface area contributed by atoms with Crippen LogP contribution >= 0.6 is 0 Å². The van der Waals surface area contributed by atoms with Crippen LogP contribution in [0.3, 0.4) is 0 Å². The summed E-state index contributed by atoms with van der Waals surface area (Å²) < 4.78 is 5.63. The van der Waals surface area contributed by atoms with Crippen LogP contribution in [-0.2, 0) is 20.7 Å². The lowest BCUT2D eigenvalue weighted by Crippen LogP contribution is -2.42. The molecule has 2 heterocycles. The van der Waals surface area contributed by atoms with Gasteiger partial charge < -0.3 is 14.5 Å². The highest BCUT2D eigenvalue weighted by Crippen LogP contribution is 2.22. The van der Waals surface area contributed by atoms with E-state index in [4.69, 9.17) is 4.74 Å². The SMILES string of the molecule is CC(=O)N(CCC(=O)N1CCC(Cc2ccccc2)CC1)CC1CCCO1. The zero-order valence-electron chi connectivity index (χ0n) is 16.4. The van der Waals surface area contributed by atoms with E-state index in [0.29, 0.717) is 25.4 Å². The van der Waals surface area contributed by atoms with E-state index in [1.54, 1.807) is 11.8 Å². The lowest BCUT2D eigenvalue weighted by atomic mass is 9.90. The molecule has 2 saturated heterocycles. The largest absolute Gasteiger partial charge is 0.376 e. The van der Waals surface area contributed by atoms with Crippen molar-refractivity contribution in [1.82, 2.24) is 9.80 Å². The second-order valence-corrected chi connectivity index (χ2v) is 7.86. The van der Waals surface area contributed by atoms with Crippen LogP contribution in [0.15, 0.2) is 30.3 Å². The van der Waals surface area contributed by atoms with E-state index < -0.39 is 0 Å². The molecular weight excluding hydrogens is 340 g/mol. The highest BCUT2D eigenvalue weighted by Gasteiger charge is 2.25. The second-order valence-electron chi connectivity index (χ2n) is 7.86. The number of nitrogens with zero attached hydrogens (tertiary/aromatic N) is 2. The first kappa shape index (κ1) is 19.9. The minimum atomic E-state index is 0.0277. The van der Waals surface area contributed by atoms with E-state index >= 15 is 0 Å². The van der Waals surface area contributed by atoms with Crippen LogP contribution < -0.4 is 0 Å². The second kappa shape index (κ2) is 9.88. The number of amides is 2. The molecule has 0 aliphatic carbocycles. The third-order valence-electron chi connectivity index (χ3n) is 5.82.